The number of sulfone groups is 1. The number of hydrogen-bond acceptors (Lipinski definition) is 6. The third kappa shape index (κ3) is 4.75. The summed E-state index contributed by atoms with van der Waals surface area (Å²) in [5, 5.41) is 0. The highest BCUT2D eigenvalue weighted by molar-refractivity contribution is 7.91. The molecule has 2 heterocycles. The number of hydrogen-bond donors (Lipinski definition) is 1. The minimum atomic E-state index is -3.61. The van der Waals surface area contributed by atoms with Crippen LogP contribution in [0.15, 0.2) is 119 Å². The Bertz CT molecular complexity index is 1670. The van der Waals surface area contributed by atoms with E-state index < -0.39 is 21.5 Å². The van der Waals surface area contributed by atoms with Crippen molar-refractivity contribution in [3.8, 4) is 0 Å². The SMILES string of the molecule is Nc1ccc(C[C@]23N=C(c4ccccc4)O[C@H]2c2ccccc2CN(CCS(=O)(=O)c2ccccc2)C3=O)cc1. The van der Waals surface area contributed by atoms with Gasteiger partial charge < -0.3 is 15.4 Å². The molecule has 0 aliphatic carbocycles. The second kappa shape index (κ2) is 10.3. The van der Waals surface area contributed by atoms with Gasteiger partial charge in [-0.15, -0.1) is 0 Å². The molecule has 0 unspecified atom stereocenters. The predicted molar refractivity (Wildman–Crippen MR) is 154 cm³/mol. The monoisotopic (exact) mass is 551 g/mol. The van der Waals surface area contributed by atoms with Crippen molar-refractivity contribution in [1.82, 2.24) is 4.90 Å². The molecule has 8 heteroatoms. The van der Waals surface area contributed by atoms with Gasteiger partial charge in [-0.05, 0) is 47.5 Å². The highest BCUT2D eigenvalue weighted by atomic mass is 32.2. The molecule has 0 spiro atoms. The van der Waals surface area contributed by atoms with Crippen LogP contribution in [0.5, 0.6) is 0 Å². The van der Waals surface area contributed by atoms with Gasteiger partial charge in [0.15, 0.2) is 21.5 Å². The van der Waals surface area contributed by atoms with E-state index in [4.69, 9.17) is 15.5 Å². The zero-order valence-corrected chi connectivity index (χ0v) is 22.6. The Morgan fingerprint density at radius 2 is 1.52 bits per heavy atom. The standard InChI is InChI=1S/C32H29N3O4S/c33-26-17-15-23(16-18-26)21-32-29(39-30(34-32)24-9-3-1-4-10-24)28-14-8-7-11-25(28)22-35(31(32)36)19-20-40(37,38)27-12-5-2-6-13-27/h1-18,29H,19-22,33H2/t29-,32-/m0/s1. The van der Waals surface area contributed by atoms with Crippen molar-refractivity contribution in [2.75, 3.05) is 18.0 Å². The minimum Gasteiger partial charge on any atom is -0.466 e. The van der Waals surface area contributed by atoms with Crippen molar-refractivity contribution in [3.05, 3.63) is 131 Å². The number of carbonyl (C=O) groups is 1. The van der Waals surface area contributed by atoms with Crippen molar-refractivity contribution in [1.29, 1.82) is 0 Å². The Morgan fingerprint density at radius 1 is 0.875 bits per heavy atom. The van der Waals surface area contributed by atoms with Crippen molar-refractivity contribution in [2.24, 2.45) is 4.99 Å². The maximum absolute atomic E-state index is 14.6. The van der Waals surface area contributed by atoms with E-state index in [9.17, 15) is 13.2 Å². The summed E-state index contributed by atoms with van der Waals surface area (Å²) >= 11 is 0. The zero-order valence-electron chi connectivity index (χ0n) is 21.8. The van der Waals surface area contributed by atoms with Crippen LogP contribution in [-0.2, 0) is 32.3 Å². The number of nitrogens with zero attached hydrogens (tertiary/aromatic N) is 2. The van der Waals surface area contributed by atoms with Gasteiger partial charge in [0, 0.05) is 36.3 Å². The van der Waals surface area contributed by atoms with Crippen LogP contribution in [0.25, 0.3) is 0 Å². The number of nitrogen functional groups attached to an aromatic ring is 1. The smallest absolute Gasteiger partial charge is 0.255 e. The molecule has 2 aliphatic heterocycles. The zero-order chi connectivity index (χ0) is 27.7. The van der Waals surface area contributed by atoms with E-state index >= 15 is 0 Å². The Hall–Kier alpha value is -4.43. The number of ether oxygens (including phenoxy) is 1. The molecule has 40 heavy (non-hydrogen) atoms. The minimum absolute atomic E-state index is 0.0246. The first kappa shape index (κ1) is 25.8. The first-order valence-corrected chi connectivity index (χ1v) is 14.8. The first-order chi connectivity index (χ1) is 19.4. The van der Waals surface area contributed by atoms with Crippen LogP contribution in [-0.4, -0.2) is 43.0 Å². The number of aliphatic imine (C=N–C) groups is 1. The van der Waals surface area contributed by atoms with E-state index in [1.807, 2.05) is 66.7 Å². The molecule has 2 atom stereocenters. The third-order valence-electron chi connectivity index (χ3n) is 7.53. The summed E-state index contributed by atoms with van der Waals surface area (Å²) in [5.74, 6) is -0.0772. The summed E-state index contributed by atoms with van der Waals surface area (Å²) < 4.78 is 32.9. The molecule has 0 saturated heterocycles. The van der Waals surface area contributed by atoms with Crippen molar-refractivity contribution in [2.45, 2.75) is 29.5 Å². The van der Waals surface area contributed by atoms with E-state index in [1.54, 1.807) is 47.4 Å². The van der Waals surface area contributed by atoms with E-state index in [2.05, 4.69) is 0 Å². The molecule has 0 fully saturated rings. The number of carbonyl (C=O) groups excluding carboxylic acids is 1. The lowest BCUT2D eigenvalue weighted by molar-refractivity contribution is -0.139. The van der Waals surface area contributed by atoms with Crippen molar-refractivity contribution >= 4 is 27.3 Å². The molecule has 0 saturated carbocycles. The molecule has 4 aromatic rings. The lowest BCUT2D eigenvalue weighted by Gasteiger charge is -2.32. The number of anilines is 1. The molecule has 2 aliphatic rings. The van der Waals surface area contributed by atoms with Gasteiger partial charge in [-0.2, -0.15) is 0 Å². The summed E-state index contributed by atoms with van der Waals surface area (Å²) in [7, 11) is -3.61. The van der Waals surface area contributed by atoms with Gasteiger partial charge in [0.1, 0.15) is 0 Å². The summed E-state index contributed by atoms with van der Waals surface area (Å²) in [6.45, 7) is 0.287. The first-order valence-electron chi connectivity index (χ1n) is 13.2. The van der Waals surface area contributed by atoms with Gasteiger partial charge in [-0.1, -0.05) is 72.8 Å². The Morgan fingerprint density at radius 3 is 2.25 bits per heavy atom. The van der Waals surface area contributed by atoms with Crippen LogP contribution >= 0.6 is 0 Å². The molecule has 202 valence electrons. The van der Waals surface area contributed by atoms with E-state index in [0.717, 1.165) is 22.3 Å². The Kier molecular flexibility index (Phi) is 6.64. The van der Waals surface area contributed by atoms with Crippen LogP contribution in [0, 0.1) is 0 Å². The summed E-state index contributed by atoms with van der Waals surface area (Å²) in [6, 6.07) is 33.0. The largest absolute Gasteiger partial charge is 0.466 e. The highest BCUT2D eigenvalue weighted by Gasteiger charge is 2.56. The number of rotatable bonds is 7. The predicted octanol–water partition coefficient (Wildman–Crippen LogP) is 4.58. The number of benzene rings is 4. The topological polar surface area (TPSA) is 102 Å². The van der Waals surface area contributed by atoms with Crippen molar-refractivity contribution < 1.29 is 17.9 Å². The van der Waals surface area contributed by atoms with Crippen LogP contribution in [0.3, 0.4) is 0 Å². The van der Waals surface area contributed by atoms with Gasteiger partial charge in [-0.25, -0.2) is 13.4 Å². The maximum atomic E-state index is 14.6. The van der Waals surface area contributed by atoms with E-state index in [1.165, 1.54) is 0 Å². The summed E-state index contributed by atoms with van der Waals surface area (Å²) in [6.07, 6.45) is -0.414. The number of nitrogens with two attached hydrogens (primary N) is 1. The lowest BCUT2D eigenvalue weighted by Crippen LogP contribution is -2.50. The average Bonchev–Trinajstić information content (AvgIpc) is 3.33. The Labute approximate surface area is 233 Å². The molecule has 7 nitrogen and oxygen atoms in total. The average molecular weight is 552 g/mol. The molecule has 0 radical (unpaired) electrons. The third-order valence-corrected chi connectivity index (χ3v) is 9.24. The molecule has 0 bridgehead atoms. The van der Waals surface area contributed by atoms with Crippen LogP contribution in [0.2, 0.25) is 0 Å². The quantitative estimate of drug-likeness (QED) is 0.339. The van der Waals surface area contributed by atoms with Gasteiger partial charge >= 0.3 is 0 Å². The fourth-order valence-electron chi connectivity index (χ4n) is 5.47. The highest BCUT2D eigenvalue weighted by Crippen LogP contribution is 2.46. The van der Waals surface area contributed by atoms with Gasteiger partial charge in [-0.3, -0.25) is 4.79 Å². The summed E-state index contributed by atoms with van der Waals surface area (Å²) in [4.78, 5) is 21.5. The van der Waals surface area contributed by atoms with E-state index in [0.29, 0.717) is 11.6 Å². The number of amides is 1. The van der Waals surface area contributed by atoms with Crippen LogP contribution < -0.4 is 5.73 Å². The van der Waals surface area contributed by atoms with Crippen LogP contribution in [0.1, 0.15) is 28.4 Å². The molecule has 2 N–H and O–H groups in total. The molecular formula is C32H29N3O4S. The van der Waals surface area contributed by atoms with Gasteiger partial charge in [0.2, 0.25) is 5.90 Å². The fraction of sp³-hybridized carbons (Fsp3) is 0.188. The van der Waals surface area contributed by atoms with Crippen molar-refractivity contribution in [3.63, 3.8) is 0 Å². The molecule has 1 amide bonds. The second-order valence-corrected chi connectivity index (χ2v) is 12.3. The lowest BCUT2D eigenvalue weighted by atomic mass is 9.81. The van der Waals surface area contributed by atoms with E-state index in [-0.39, 0.29) is 36.1 Å². The second-order valence-electron chi connectivity index (χ2n) is 10.2. The normalized spacial score (nSPS) is 20.2. The summed E-state index contributed by atoms with van der Waals surface area (Å²) in [5.41, 5.74) is 8.67. The number of fused-ring (bicyclic) bond motifs is 3. The molecule has 4 aromatic carbocycles. The maximum Gasteiger partial charge on any atom is 0.255 e. The molecule has 0 aromatic heterocycles. The van der Waals surface area contributed by atoms with Gasteiger partial charge in [0.05, 0.1) is 10.6 Å². The molecular weight excluding hydrogens is 522 g/mol. The fourth-order valence-corrected chi connectivity index (χ4v) is 6.73. The van der Waals surface area contributed by atoms with Crippen LogP contribution in [0.4, 0.5) is 5.69 Å². The Balaban J connectivity index is 1.45. The van der Waals surface area contributed by atoms with Gasteiger partial charge in [0.25, 0.3) is 5.91 Å². The molecule has 6 rings (SSSR count).